The van der Waals surface area contributed by atoms with Crippen LogP contribution in [0.2, 0.25) is 0 Å². The molecule has 2 aromatic carbocycles. The Balaban J connectivity index is 1.52. The highest BCUT2D eigenvalue weighted by Crippen LogP contribution is 2.21. The van der Waals surface area contributed by atoms with Crippen molar-refractivity contribution in [2.24, 2.45) is 5.92 Å². The first-order valence-corrected chi connectivity index (χ1v) is 9.97. The predicted octanol–water partition coefficient (Wildman–Crippen LogP) is 3.49. The van der Waals surface area contributed by atoms with Gasteiger partial charge in [0.25, 0.3) is 0 Å². The predicted molar refractivity (Wildman–Crippen MR) is 110 cm³/mol. The minimum atomic E-state index is -0.137. The quantitative estimate of drug-likeness (QED) is 0.747. The monoisotopic (exact) mass is 380 g/mol. The highest BCUT2D eigenvalue weighted by molar-refractivity contribution is 5.81. The molecule has 2 aromatic rings. The molecule has 5 heteroatoms. The lowest BCUT2D eigenvalue weighted by atomic mass is 9.97. The molecule has 148 valence electrons. The van der Waals surface area contributed by atoms with Crippen molar-refractivity contribution >= 4 is 17.6 Å². The number of nitrogens with zero attached hydrogens (tertiary/aromatic N) is 1. The van der Waals surface area contributed by atoms with Gasteiger partial charge in [-0.3, -0.25) is 9.59 Å². The van der Waals surface area contributed by atoms with E-state index < -0.39 is 0 Å². The average molecular weight is 380 g/mol. The molecule has 3 rings (SSSR count). The van der Waals surface area contributed by atoms with Crippen LogP contribution in [-0.4, -0.2) is 43.0 Å². The van der Waals surface area contributed by atoms with E-state index >= 15 is 0 Å². The molecule has 1 N–H and O–H groups in total. The molecule has 1 aliphatic rings. The topological polar surface area (TPSA) is 58.6 Å². The molecule has 1 heterocycles. The number of hydrogen-bond acceptors (Lipinski definition) is 4. The van der Waals surface area contributed by atoms with E-state index in [1.54, 1.807) is 0 Å². The van der Waals surface area contributed by atoms with Gasteiger partial charge in [-0.2, -0.15) is 0 Å². The largest absolute Gasteiger partial charge is 0.466 e. The number of anilines is 1. The summed E-state index contributed by atoms with van der Waals surface area (Å²) in [5.74, 6) is -0.150. The second-order valence-corrected chi connectivity index (χ2v) is 7.08. The zero-order valence-electron chi connectivity index (χ0n) is 16.4. The van der Waals surface area contributed by atoms with Crippen molar-refractivity contribution in [3.63, 3.8) is 0 Å². The van der Waals surface area contributed by atoms with Gasteiger partial charge < -0.3 is 15.0 Å². The summed E-state index contributed by atoms with van der Waals surface area (Å²) in [4.78, 5) is 26.3. The molecule has 1 fully saturated rings. The Hall–Kier alpha value is -2.82. The number of hydrogen-bond donors (Lipinski definition) is 1. The van der Waals surface area contributed by atoms with Crippen molar-refractivity contribution in [1.29, 1.82) is 0 Å². The van der Waals surface area contributed by atoms with E-state index in [4.69, 9.17) is 4.74 Å². The number of carbonyl (C=O) groups is 2. The average Bonchev–Trinajstić information content (AvgIpc) is 2.74. The third kappa shape index (κ3) is 5.35. The smallest absolute Gasteiger partial charge is 0.309 e. The zero-order valence-corrected chi connectivity index (χ0v) is 16.4. The lowest BCUT2D eigenvalue weighted by Gasteiger charge is -2.31. The molecule has 0 unspecified atom stereocenters. The molecule has 0 radical (unpaired) electrons. The van der Waals surface area contributed by atoms with E-state index in [9.17, 15) is 9.59 Å². The van der Waals surface area contributed by atoms with Gasteiger partial charge in [0.1, 0.15) is 0 Å². The number of nitrogens with one attached hydrogen (secondary N) is 1. The third-order valence-corrected chi connectivity index (χ3v) is 5.15. The van der Waals surface area contributed by atoms with Gasteiger partial charge in [-0.15, -0.1) is 0 Å². The van der Waals surface area contributed by atoms with Crippen LogP contribution in [0, 0.1) is 5.92 Å². The van der Waals surface area contributed by atoms with Gasteiger partial charge in [0.15, 0.2) is 0 Å². The summed E-state index contributed by atoms with van der Waals surface area (Å²) in [5, 5.41) is 3.30. The maximum atomic E-state index is 12.6. The van der Waals surface area contributed by atoms with Crippen molar-refractivity contribution in [1.82, 2.24) is 4.90 Å². The van der Waals surface area contributed by atoms with Gasteiger partial charge in [0.2, 0.25) is 5.91 Å². The fraction of sp³-hybridized carbons (Fsp3) is 0.391. The number of amides is 1. The number of carbonyl (C=O) groups excluding carboxylic acids is 2. The Bertz CT molecular complexity index is 783. The fourth-order valence-electron chi connectivity index (χ4n) is 3.57. The lowest BCUT2D eigenvalue weighted by Crippen LogP contribution is -2.43. The Morgan fingerprint density at radius 1 is 1.04 bits per heavy atom. The van der Waals surface area contributed by atoms with Crippen LogP contribution in [0.25, 0.3) is 0 Å². The highest BCUT2D eigenvalue weighted by atomic mass is 16.5. The van der Waals surface area contributed by atoms with Crippen molar-refractivity contribution in [2.45, 2.75) is 26.2 Å². The first kappa shape index (κ1) is 19.9. The molecule has 0 atom stereocenters. The molecule has 0 saturated carbocycles. The van der Waals surface area contributed by atoms with Gasteiger partial charge in [-0.05, 0) is 43.4 Å². The van der Waals surface area contributed by atoms with Crippen molar-refractivity contribution in [3.8, 4) is 0 Å². The second-order valence-electron chi connectivity index (χ2n) is 7.08. The van der Waals surface area contributed by atoms with E-state index in [1.807, 2.05) is 48.2 Å². The summed E-state index contributed by atoms with van der Waals surface area (Å²) in [6.45, 7) is 3.70. The Morgan fingerprint density at radius 3 is 2.43 bits per heavy atom. The first-order valence-electron chi connectivity index (χ1n) is 9.97. The Morgan fingerprint density at radius 2 is 1.71 bits per heavy atom. The zero-order chi connectivity index (χ0) is 19.8. The second kappa shape index (κ2) is 9.93. The maximum absolute atomic E-state index is 12.6. The van der Waals surface area contributed by atoms with Crippen LogP contribution in [-0.2, 0) is 20.7 Å². The van der Waals surface area contributed by atoms with Crippen LogP contribution in [0.1, 0.15) is 30.9 Å². The number of para-hydroxylation sites is 1. The summed E-state index contributed by atoms with van der Waals surface area (Å²) in [6, 6.07) is 18.4. The standard InChI is InChI=1S/C23H28N2O3/c1-2-28-23(27)19-12-14-25(15-13-19)22(26)17-24-21-11-7-6-10-20(21)16-18-8-4-3-5-9-18/h3-11,19,24H,2,12-17H2,1H3. The van der Waals surface area contributed by atoms with Crippen LogP contribution in [0.4, 0.5) is 5.69 Å². The molecule has 1 amide bonds. The fourth-order valence-corrected chi connectivity index (χ4v) is 3.57. The third-order valence-electron chi connectivity index (χ3n) is 5.15. The number of benzene rings is 2. The minimum Gasteiger partial charge on any atom is -0.466 e. The number of esters is 1. The van der Waals surface area contributed by atoms with Crippen LogP contribution in [0.15, 0.2) is 54.6 Å². The van der Waals surface area contributed by atoms with Gasteiger partial charge >= 0.3 is 5.97 Å². The minimum absolute atomic E-state index is 0.0665. The molecule has 5 nitrogen and oxygen atoms in total. The molecular weight excluding hydrogens is 352 g/mol. The first-order chi connectivity index (χ1) is 13.7. The van der Waals surface area contributed by atoms with Gasteiger partial charge in [-0.25, -0.2) is 0 Å². The van der Waals surface area contributed by atoms with Gasteiger partial charge in [-0.1, -0.05) is 48.5 Å². The Labute approximate surface area is 166 Å². The number of ether oxygens (including phenoxy) is 1. The summed E-state index contributed by atoms with van der Waals surface area (Å²) in [7, 11) is 0. The van der Waals surface area contributed by atoms with Gasteiger partial charge in [0, 0.05) is 18.8 Å². The summed E-state index contributed by atoms with van der Waals surface area (Å²) >= 11 is 0. The Kier molecular flexibility index (Phi) is 7.06. The maximum Gasteiger partial charge on any atom is 0.309 e. The SMILES string of the molecule is CCOC(=O)C1CCN(C(=O)CNc2ccccc2Cc2ccccc2)CC1. The molecule has 28 heavy (non-hydrogen) atoms. The van der Waals surface area contributed by atoms with E-state index in [-0.39, 0.29) is 24.3 Å². The molecule has 1 aliphatic heterocycles. The van der Waals surface area contributed by atoms with E-state index in [1.165, 1.54) is 11.1 Å². The van der Waals surface area contributed by atoms with Crippen molar-refractivity contribution < 1.29 is 14.3 Å². The van der Waals surface area contributed by atoms with Gasteiger partial charge in [0.05, 0.1) is 19.1 Å². The molecule has 0 aromatic heterocycles. The summed E-state index contributed by atoms with van der Waals surface area (Å²) < 4.78 is 5.09. The van der Waals surface area contributed by atoms with Crippen LogP contribution in [0.3, 0.4) is 0 Å². The molecule has 0 bridgehead atoms. The van der Waals surface area contributed by atoms with Crippen LogP contribution >= 0.6 is 0 Å². The van der Waals surface area contributed by atoms with Crippen molar-refractivity contribution in [3.05, 3.63) is 65.7 Å². The molecule has 0 aliphatic carbocycles. The van der Waals surface area contributed by atoms with E-state index in [2.05, 4.69) is 23.5 Å². The lowest BCUT2D eigenvalue weighted by molar-refractivity contribution is -0.151. The normalized spacial score (nSPS) is 14.5. The summed E-state index contributed by atoms with van der Waals surface area (Å²) in [5.41, 5.74) is 3.40. The number of piperidine rings is 1. The van der Waals surface area contributed by atoms with E-state index in [0.717, 1.165) is 12.1 Å². The molecular formula is C23H28N2O3. The summed E-state index contributed by atoms with van der Waals surface area (Å²) in [6.07, 6.45) is 2.17. The number of likely N-dealkylation sites (tertiary alicyclic amines) is 1. The molecule has 1 saturated heterocycles. The van der Waals surface area contributed by atoms with Crippen molar-refractivity contribution in [2.75, 3.05) is 31.6 Å². The molecule has 0 spiro atoms. The van der Waals surface area contributed by atoms with Crippen LogP contribution in [0.5, 0.6) is 0 Å². The van der Waals surface area contributed by atoms with Crippen LogP contribution < -0.4 is 5.32 Å². The van der Waals surface area contributed by atoms with E-state index in [0.29, 0.717) is 32.5 Å². The number of rotatable bonds is 7. The highest BCUT2D eigenvalue weighted by Gasteiger charge is 2.28.